The number of fused-ring (bicyclic) bond motifs is 1. The molecule has 0 radical (unpaired) electrons. The van der Waals surface area contributed by atoms with Crippen LogP contribution in [0.15, 0.2) is 12.4 Å². The highest BCUT2D eigenvalue weighted by molar-refractivity contribution is 5.93. The van der Waals surface area contributed by atoms with Gasteiger partial charge in [-0.1, -0.05) is 0 Å². The van der Waals surface area contributed by atoms with Crippen LogP contribution in [0, 0.1) is 5.92 Å². The topological polar surface area (TPSA) is 79.8 Å². The number of anilines is 1. The first kappa shape index (κ1) is 17.3. The van der Waals surface area contributed by atoms with Gasteiger partial charge < -0.3 is 19.7 Å². The molecule has 1 amide bonds. The molecule has 4 heterocycles. The van der Waals surface area contributed by atoms with Crippen LogP contribution >= 0.6 is 0 Å². The van der Waals surface area contributed by atoms with Crippen molar-refractivity contribution in [3.05, 3.63) is 18.0 Å². The molecule has 1 aromatic rings. The molecule has 3 saturated heterocycles. The molecule has 0 aromatic carbocycles. The number of rotatable bonds is 4. The molecule has 1 aromatic heterocycles. The first-order valence-corrected chi connectivity index (χ1v) is 10.1. The van der Waals surface area contributed by atoms with E-state index in [0.29, 0.717) is 36.9 Å². The lowest BCUT2D eigenvalue weighted by Crippen LogP contribution is -2.47. The maximum atomic E-state index is 12.6. The van der Waals surface area contributed by atoms with Gasteiger partial charge in [0.2, 0.25) is 5.95 Å². The van der Waals surface area contributed by atoms with Gasteiger partial charge in [-0.25, -0.2) is 9.97 Å². The molecule has 3 aliphatic heterocycles. The first-order valence-electron chi connectivity index (χ1n) is 10.1. The molecule has 0 bridgehead atoms. The third-order valence-electron chi connectivity index (χ3n) is 6.12. The lowest BCUT2D eigenvalue weighted by Gasteiger charge is -2.35. The predicted octanol–water partition coefficient (Wildman–Crippen LogP) is 0.295. The lowest BCUT2D eigenvalue weighted by atomic mass is 10.1. The molecule has 1 N–H and O–H groups in total. The number of carbonyl (C=O) groups is 1. The molecular formula is C19H27N5O3. The minimum absolute atomic E-state index is 0.0898. The van der Waals surface area contributed by atoms with Gasteiger partial charge in [0.25, 0.3) is 5.91 Å². The third kappa shape index (κ3) is 3.79. The fraction of sp³-hybridized carbons (Fsp3) is 0.737. The number of aromatic nitrogens is 2. The summed E-state index contributed by atoms with van der Waals surface area (Å²) in [6.45, 7) is 5.68. The van der Waals surface area contributed by atoms with Crippen LogP contribution in [0.5, 0.6) is 0 Å². The molecule has 0 unspecified atom stereocenters. The molecule has 1 aliphatic carbocycles. The summed E-state index contributed by atoms with van der Waals surface area (Å²) in [7, 11) is 0. The van der Waals surface area contributed by atoms with Crippen molar-refractivity contribution in [1.82, 2.24) is 20.2 Å². The molecule has 146 valence electrons. The van der Waals surface area contributed by atoms with Gasteiger partial charge in [0.15, 0.2) is 0 Å². The Kier molecular flexibility index (Phi) is 4.71. The number of amides is 1. The number of morpholine rings is 2. The van der Waals surface area contributed by atoms with Gasteiger partial charge in [0, 0.05) is 50.7 Å². The Morgan fingerprint density at radius 3 is 2.67 bits per heavy atom. The van der Waals surface area contributed by atoms with Crippen LogP contribution in [-0.2, 0) is 9.47 Å². The average molecular weight is 373 g/mol. The molecule has 0 spiro atoms. The Bertz CT molecular complexity index is 674. The zero-order valence-corrected chi connectivity index (χ0v) is 15.5. The van der Waals surface area contributed by atoms with Gasteiger partial charge in [0.05, 0.1) is 31.5 Å². The summed E-state index contributed by atoms with van der Waals surface area (Å²) in [5.74, 6) is 1.34. The second-order valence-electron chi connectivity index (χ2n) is 8.09. The van der Waals surface area contributed by atoms with Crippen LogP contribution in [0.2, 0.25) is 0 Å². The maximum Gasteiger partial charge on any atom is 0.254 e. The second kappa shape index (κ2) is 7.33. The quantitative estimate of drug-likeness (QED) is 0.813. The van der Waals surface area contributed by atoms with Crippen LogP contribution in [0.25, 0.3) is 0 Å². The van der Waals surface area contributed by atoms with Crippen LogP contribution in [-0.4, -0.2) is 85.0 Å². The van der Waals surface area contributed by atoms with E-state index in [1.165, 1.54) is 12.8 Å². The molecule has 8 nitrogen and oxygen atoms in total. The number of ether oxygens (including phenoxy) is 2. The van der Waals surface area contributed by atoms with Gasteiger partial charge in [-0.05, 0) is 25.2 Å². The van der Waals surface area contributed by atoms with E-state index >= 15 is 0 Å². The summed E-state index contributed by atoms with van der Waals surface area (Å²) in [4.78, 5) is 25.9. The van der Waals surface area contributed by atoms with E-state index in [1.807, 2.05) is 0 Å². The average Bonchev–Trinajstić information content (AvgIpc) is 3.49. The lowest BCUT2D eigenvalue weighted by molar-refractivity contribution is -0.0581. The fourth-order valence-corrected chi connectivity index (χ4v) is 4.39. The highest BCUT2D eigenvalue weighted by atomic mass is 16.5. The SMILES string of the molecule is O=C(N[C@H]1C[C@H]2CO[C@H](C3CC3)CN2C1)c1cnc(N2CCOCC2)nc1. The first-order chi connectivity index (χ1) is 13.3. The minimum atomic E-state index is -0.0898. The summed E-state index contributed by atoms with van der Waals surface area (Å²) in [6, 6.07) is 0.605. The second-order valence-corrected chi connectivity index (χ2v) is 8.09. The van der Waals surface area contributed by atoms with Crippen molar-refractivity contribution >= 4 is 11.9 Å². The largest absolute Gasteiger partial charge is 0.378 e. The third-order valence-corrected chi connectivity index (χ3v) is 6.12. The number of carbonyl (C=O) groups excluding carboxylic acids is 1. The van der Waals surface area contributed by atoms with Crippen molar-refractivity contribution in [2.24, 2.45) is 5.92 Å². The number of hydrogen-bond acceptors (Lipinski definition) is 7. The van der Waals surface area contributed by atoms with E-state index in [0.717, 1.165) is 45.1 Å². The molecule has 1 saturated carbocycles. The fourth-order valence-electron chi connectivity index (χ4n) is 4.39. The van der Waals surface area contributed by atoms with E-state index in [-0.39, 0.29) is 11.9 Å². The van der Waals surface area contributed by atoms with Crippen molar-refractivity contribution in [1.29, 1.82) is 0 Å². The molecule has 8 heteroatoms. The van der Waals surface area contributed by atoms with Crippen LogP contribution in [0.3, 0.4) is 0 Å². The van der Waals surface area contributed by atoms with Gasteiger partial charge in [0.1, 0.15) is 0 Å². The smallest absolute Gasteiger partial charge is 0.254 e. The van der Waals surface area contributed by atoms with Crippen LogP contribution < -0.4 is 10.2 Å². The summed E-state index contributed by atoms with van der Waals surface area (Å²) >= 11 is 0. The summed E-state index contributed by atoms with van der Waals surface area (Å²) in [5, 5.41) is 3.16. The van der Waals surface area contributed by atoms with Crippen LogP contribution in [0.4, 0.5) is 5.95 Å². The Morgan fingerprint density at radius 2 is 1.93 bits per heavy atom. The van der Waals surface area contributed by atoms with Gasteiger partial charge >= 0.3 is 0 Å². The zero-order chi connectivity index (χ0) is 18.2. The number of nitrogens with zero attached hydrogens (tertiary/aromatic N) is 4. The Balaban J connectivity index is 1.16. The Morgan fingerprint density at radius 1 is 1.15 bits per heavy atom. The summed E-state index contributed by atoms with van der Waals surface area (Å²) < 4.78 is 11.4. The van der Waals surface area contributed by atoms with E-state index in [2.05, 4.69) is 25.1 Å². The Labute approximate surface area is 159 Å². The molecule has 4 fully saturated rings. The van der Waals surface area contributed by atoms with E-state index in [1.54, 1.807) is 12.4 Å². The van der Waals surface area contributed by atoms with Gasteiger partial charge in [-0.15, -0.1) is 0 Å². The van der Waals surface area contributed by atoms with Crippen molar-refractivity contribution in [3.63, 3.8) is 0 Å². The zero-order valence-electron chi connectivity index (χ0n) is 15.5. The van der Waals surface area contributed by atoms with E-state index in [9.17, 15) is 4.79 Å². The van der Waals surface area contributed by atoms with Crippen molar-refractivity contribution in [2.45, 2.75) is 37.5 Å². The van der Waals surface area contributed by atoms with Gasteiger partial charge in [-0.3, -0.25) is 9.69 Å². The maximum absolute atomic E-state index is 12.6. The van der Waals surface area contributed by atoms with Crippen LogP contribution in [0.1, 0.15) is 29.6 Å². The Hall–Kier alpha value is -1.77. The highest BCUT2D eigenvalue weighted by Crippen LogP contribution is 2.37. The number of nitrogens with one attached hydrogen (secondary N) is 1. The van der Waals surface area contributed by atoms with Crippen molar-refractivity contribution in [3.8, 4) is 0 Å². The molecule has 3 atom stereocenters. The molecular weight excluding hydrogens is 346 g/mol. The monoisotopic (exact) mass is 373 g/mol. The highest BCUT2D eigenvalue weighted by Gasteiger charge is 2.42. The summed E-state index contributed by atoms with van der Waals surface area (Å²) in [6.07, 6.45) is 7.23. The van der Waals surface area contributed by atoms with E-state index in [4.69, 9.17) is 9.47 Å². The molecule has 5 rings (SSSR count). The van der Waals surface area contributed by atoms with Gasteiger partial charge in [-0.2, -0.15) is 0 Å². The van der Waals surface area contributed by atoms with E-state index < -0.39 is 0 Å². The number of hydrogen-bond donors (Lipinski definition) is 1. The normalized spacial score (nSPS) is 31.6. The van der Waals surface area contributed by atoms with Crippen molar-refractivity contribution < 1.29 is 14.3 Å². The minimum Gasteiger partial charge on any atom is -0.378 e. The standard InChI is InChI=1S/C19H27N5O3/c25-18(14-8-20-19(21-9-14)23-3-5-26-6-4-23)22-15-7-16-12-27-17(13-1-2-13)11-24(16)10-15/h8-9,13,15-17H,1-7,10-12H2,(H,22,25)/t15-,16-,17-/m0/s1. The molecule has 4 aliphatic rings. The summed E-state index contributed by atoms with van der Waals surface area (Å²) in [5.41, 5.74) is 0.518. The van der Waals surface area contributed by atoms with Crippen molar-refractivity contribution in [2.75, 3.05) is 50.9 Å². The predicted molar refractivity (Wildman–Crippen MR) is 98.8 cm³/mol. The molecule has 27 heavy (non-hydrogen) atoms.